The molecule has 5 fully saturated rings. The first-order chi connectivity index (χ1) is 24.3. The van der Waals surface area contributed by atoms with Gasteiger partial charge in [-0.15, -0.1) is 0 Å². The van der Waals surface area contributed by atoms with Crippen LogP contribution in [0.2, 0.25) is 10.0 Å². The Morgan fingerprint density at radius 2 is 2.08 bits per heavy atom. The molecule has 10 rings (SSSR count). The van der Waals surface area contributed by atoms with Crippen LogP contribution in [0.3, 0.4) is 0 Å². The van der Waals surface area contributed by atoms with Crippen LogP contribution in [-0.2, 0) is 22.6 Å². The van der Waals surface area contributed by atoms with Crippen LogP contribution in [-0.4, -0.2) is 50.6 Å². The third-order valence-corrected chi connectivity index (χ3v) is 12.0. The number of carbonyl (C=O) groups is 1. The van der Waals surface area contributed by atoms with E-state index in [2.05, 4.69) is 27.0 Å². The largest absolute Gasteiger partial charge is 0.451 e. The van der Waals surface area contributed by atoms with Gasteiger partial charge in [0.05, 0.1) is 46.4 Å². The molecule has 5 aliphatic rings. The van der Waals surface area contributed by atoms with E-state index in [1.54, 1.807) is 24.5 Å². The smallest absolute Gasteiger partial charge is 0.226 e. The van der Waals surface area contributed by atoms with Gasteiger partial charge in [0, 0.05) is 71.2 Å². The van der Waals surface area contributed by atoms with Crippen LogP contribution >= 0.6 is 23.2 Å². The van der Waals surface area contributed by atoms with Gasteiger partial charge in [0.25, 0.3) is 0 Å². The number of carbonyl (C=O) groups excluding carboxylic acids is 1. The van der Waals surface area contributed by atoms with Crippen molar-refractivity contribution in [2.45, 2.75) is 76.3 Å². The van der Waals surface area contributed by atoms with Crippen molar-refractivity contribution in [2.24, 2.45) is 11.8 Å². The van der Waals surface area contributed by atoms with Crippen LogP contribution in [0.5, 0.6) is 0 Å². The molecule has 2 aromatic carbocycles. The SMILES string of the molecule is Cc1nc2c(F)c(-c3cccc(Cl)c3Cl)c(CCC#N)cc2c2c1cc([C@H]1C[C@H](OCc3cocn3)CN1C(=O)C1CC1)n2[C@H]1[C@H]2CN[C@@H]1C2. The summed E-state index contributed by atoms with van der Waals surface area (Å²) in [6, 6.07) is 11.8. The molecule has 2 aliphatic carbocycles. The summed E-state index contributed by atoms with van der Waals surface area (Å²) in [5.41, 5.74) is 5.07. The Labute approximate surface area is 298 Å². The zero-order valence-electron chi connectivity index (χ0n) is 27.5. The standard InChI is InChI=1S/C38H35Cl2FN6O3/c1-19-26-13-31(30-12-24(50-17-23-16-49-18-44-23)15-46(30)38(48)20-7-8-20)47(36-22-11-29(36)43-14-22)37(26)27-10-21(4-3-9-42)32(34(41)35(27)45-19)25-5-2-6-28(39)33(25)40/h2,5-6,10,13,16,18,20,22,24,29-30,36,43H,3-4,7-8,11-12,14-15,17H2,1H3/t22-,24+,29-,30-,36+/m1/s1. The summed E-state index contributed by atoms with van der Waals surface area (Å²) in [6.07, 6.45) is 6.84. The average molecular weight is 714 g/mol. The highest BCUT2D eigenvalue weighted by molar-refractivity contribution is 6.43. The van der Waals surface area contributed by atoms with Crippen molar-refractivity contribution in [2.75, 3.05) is 13.1 Å². The van der Waals surface area contributed by atoms with E-state index < -0.39 is 5.82 Å². The third kappa shape index (κ3) is 5.12. The number of likely N-dealkylation sites (tertiary alicyclic amines) is 1. The Kier molecular flexibility index (Phi) is 7.88. The Hall–Kier alpha value is -4.01. The molecule has 3 aromatic heterocycles. The minimum atomic E-state index is -0.485. The van der Waals surface area contributed by atoms with Crippen LogP contribution in [0.1, 0.15) is 66.8 Å². The van der Waals surface area contributed by atoms with Gasteiger partial charge in [-0.05, 0) is 62.3 Å². The Morgan fingerprint density at radius 3 is 2.80 bits per heavy atom. The molecule has 50 heavy (non-hydrogen) atoms. The summed E-state index contributed by atoms with van der Waals surface area (Å²) in [5, 5.41) is 15.5. The van der Waals surface area contributed by atoms with E-state index in [0.717, 1.165) is 42.4 Å². The van der Waals surface area contributed by atoms with E-state index in [9.17, 15) is 10.1 Å². The van der Waals surface area contributed by atoms with E-state index in [0.29, 0.717) is 70.4 Å². The number of oxazole rings is 1. The van der Waals surface area contributed by atoms with Crippen molar-refractivity contribution in [3.8, 4) is 17.2 Å². The lowest BCUT2D eigenvalue weighted by Crippen LogP contribution is -2.41. The minimum Gasteiger partial charge on any atom is -0.451 e. The zero-order chi connectivity index (χ0) is 34.3. The van der Waals surface area contributed by atoms with Gasteiger partial charge in [0.1, 0.15) is 17.5 Å². The number of pyridine rings is 1. The Balaban J connectivity index is 1.25. The summed E-state index contributed by atoms with van der Waals surface area (Å²) in [5.74, 6) is 0.144. The fourth-order valence-electron chi connectivity index (χ4n) is 8.62. The number of rotatable bonds is 9. The number of aromatic nitrogens is 3. The molecule has 5 aromatic rings. The van der Waals surface area contributed by atoms with Gasteiger partial charge in [0.15, 0.2) is 12.2 Å². The third-order valence-electron chi connectivity index (χ3n) is 11.2. The predicted molar refractivity (Wildman–Crippen MR) is 187 cm³/mol. The van der Waals surface area contributed by atoms with Crippen LogP contribution < -0.4 is 5.32 Å². The number of halogens is 3. The van der Waals surface area contributed by atoms with Crippen molar-refractivity contribution in [3.05, 3.63) is 81.5 Å². The molecule has 256 valence electrons. The molecule has 5 atom stereocenters. The molecule has 3 aliphatic heterocycles. The van der Waals surface area contributed by atoms with Crippen molar-refractivity contribution in [3.63, 3.8) is 0 Å². The number of fused-ring (bicyclic) bond motifs is 4. The van der Waals surface area contributed by atoms with E-state index in [-0.39, 0.29) is 53.0 Å². The normalized spacial score (nSPS) is 24.3. The Morgan fingerprint density at radius 1 is 1.22 bits per heavy atom. The molecule has 2 saturated carbocycles. The lowest BCUT2D eigenvalue weighted by molar-refractivity contribution is -0.134. The first kappa shape index (κ1) is 31.9. The number of hydrogen-bond donors (Lipinski definition) is 1. The fraction of sp³-hybridized carbons (Fsp3) is 0.421. The molecule has 0 spiro atoms. The number of nitrogens with one attached hydrogen (secondary N) is 1. The molecule has 0 unspecified atom stereocenters. The van der Waals surface area contributed by atoms with E-state index in [1.807, 2.05) is 17.9 Å². The molecule has 1 amide bonds. The number of aryl methyl sites for hydroxylation is 2. The maximum atomic E-state index is 17.1. The van der Waals surface area contributed by atoms with Crippen molar-refractivity contribution >= 4 is 50.9 Å². The van der Waals surface area contributed by atoms with E-state index in [4.69, 9.17) is 37.3 Å². The van der Waals surface area contributed by atoms with E-state index in [1.165, 1.54) is 6.39 Å². The van der Waals surface area contributed by atoms with Gasteiger partial charge in [0.2, 0.25) is 5.91 Å². The topological polar surface area (TPSA) is 109 Å². The maximum Gasteiger partial charge on any atom is 0.226 e. The van der Waals surface area contributed by atoms with Gasteiger partial charge in [-0.1, -0.05) is 35.3 Å². The first-order valence-electron chi connectivity index (χ1n) is 17.3. The average Bonchev–Trinajstić information content (AvgIpc) is 3.62. The van der Waals surface area contributed by atoms with Crippen LogP contribution in [0.4, 0.5) is 4.39 Å². The monoisotopic (exact) mass is 712 g/mol. The Bertz CT molecular complexity index is 2200. The van der Waals surface area contributed by atoms with Crippen molar-refractivity contribution in [1.82, 2.24) is 24.8 Å². The molecule has 2 bridgehead atoms. The summed E-state index contributed by atoms with van der Waals surface area (Å²) in [7, 11) is 0. The molecular formula is C38H35Cl2FN6O3. The van der Waals surface area contributed by atoms with E-state index >= 15 is 4.39 Å². The quantitative estimate of drug-likeness (QED) is 0.166. The molecule has 12 heteroatoms. The van der Waals surface area contributed by atoms with Crippen LogP contribution in [0.15, 0.2) is 47.4 Å². The lowest BCUT2D eigenvalue weighted by Gasteiger charge is -2.39. The second kappa shape index (κ2) is 12.3. The molecule has 0 radical (unpaired) electrons. The number of hydrogen-bond acceptors (Lipinski definition) is 7. The molecule has 1 N–H and O–H groups in total. The van der Waals surface area contributed by atoms with Gasteiger partial charge in [-0.25, -0.2) is 14.4 Å². The van der Waals surface area contributed by atoms with Crippen LogP contribution in [0, 0.1) is 35.9 Å². The fourth-order valence-corrected chi connectivity index (χ4v) is 9.01. The van der Waals surface area contributed by atoms with Crippen molar-refractivity contribution in [1.29, 1.82) is 5.26 Å². The number of nitriles is 1. The van der Waals surface area contributed by atoms with Gasteiger partial charge >= 0.3 is 0 Å². The zero-order valence-corrected chi connectivity index (χ0v) is 29.0. The first-order valence-corrected chi connectivity index (χ1v) is 18.1. The summed E-state index contributed by atoms with van der Waals surface area (Å²) in [4.78, 5) is 25.0. The summed E-state index contributed by atoms with van der Waals surface area (Å²) in [6.45, 7) is 3.62. The highest BCUT2D eigenvalue weighted by Crippen LogP contribution is 2.51. The highest BCUT2D eigenvalue weighted by atomic mass is 35.5. The van der Waals surface area contributed by atoms with Gasteiger partial charge in [-0.2, -0.15) is 5.26 Å². The predicted octanol–water partition coefficient (Wildman–Crippen LogP) is 7.86. The molecule has 6 heterocycles. The summed E-state index contributed by atoms with van der Waals surface area (Å²) < 4.78 is 31.0. The minimum absolute atomic E-state index is 0.0453. The van der Waals surface area contributed by atoms with Gasteiger partial charge in [-0.3, -0.25) is 4.79 Å². The highest BCUT2D eigenvalue weighted by Gasteiger charge is 2.51. The number of ether oxygens (including phenoxy) is 1. The van der Waals surface area contributed by atoms with Crippen molar-refractivity contribution < 1.29 is 18.3 Å². The number of nitrogens with zero attached hydrogens (tertiary/aromatic N) is 5. The molecule has 3 saturated heterocycles. The second-order valence-corrected chi connectivity index (χ2v) is 15.0. The molecule has 9 nitrogen and oxygen atoms in total. The number of benzene rings is 2. The van der Waals surface area contributed by atoms with Crippen LogP contribution in [0.25, 0.3) is 32.9 Å². The lowest BCUT2D eigenvalue weighted by atomic mass is 9.79. The molecular weight excluding hydrogens is 678 g/mol. The van der Waals surface area contributed by atoms with Gasteiger partial charge < -0.3 is 23.9 Å². The maximum absolute atomic E-state index is 17.1. The number of amides is 1. The summed E-state index contributed by atoms with van der Waals surface area (Å²) >= 11 is 13.1. The second-order valence-electron chi connectivity index (χ2n) is 14.2.